The summed E-state index contributed by atoms with van der Waals surface area (Å²) < 4.78 is 0. The predicted molar refractivity (Wildman–Crippen MR) is 137 cm³/mol. The topological polar surface area (TPSA) is 116 Å². The molecule has 9 nitrogen and oxygen atoms in total. The molecule has 0 bridgehead atoms. The number of rotatable bonds is 10. The summed E-state index contributed by atoms with van der Waals surface area (Å²) in [6, 6.07) is 13.2. The average molecular weight is 493 g/mol. The standard InChI is InChI=1S/C27H32N4O5/c1-3-5-9-18(4-2)25(32)23-17-16-22-24(27(34)29(26(22)33)20-10-7-6-8-11-20)30(23)28-19-12-14-21(15-13-19)31(35)36/h6-8,10-18,22-25,28,32H,3-5,9H2,1-2H3. The number of unbranched alkanes of at least 4 members (excludes halogenated alkanes) is 1. The maximum atomic E-state index is 13.7. The highest BCUT2D eigenvalue weighted by molar-refractivity contribution is 6.24. The lowest BCUT2D eigenvalue weighted by molar-refractivity contribution is -0.384. The Hall–Kier alpha value is -3.56. The lowest BCUT2D eigenvalue weighted by Gasteiger charge is -2.42. The van der Waals surface area contributed by atoms with Crippen LogP contribution in [-0.2, 0) is 9.59 Å². The Balaban J connectivity index is 1.70. The zero-order chi connectivity index (χ0) is 25.8. The molecule has 2 aliphatic rings. The van der Waals surface area contributed by atoms with E-state index in [0.29, 0.717) is 11.4 Å². The third kappa shape index (κ3) is 4.89. The van der Waals surface area contributed by atoms with Gasteiger partial charge in [-0.2, -0.15) is 0 Å². The molecule has 2 amide bonds. The van der Waals surface area contributed by atoms with Crippen LogP contribution in [0.1, 0.15) is 39.5 Å². The molecule has 0 aromatic heterocycles. The highest BCUT2D eigenvalue weighted by Gasteiger charge is 2.54. The van der Waals surface area contributed by atoms with Crippen LogP contribution in [-0.4, -0.2) is 45.0 Å². The largest absolute Gasteiger partial charge is 0.391 e. The maximum absolute atomic E-state index is 13.7. The Kier molecular flexibility index (Phi) is 7.81. The summed E-state index contributed by atoms with van der Waals surface area (Å²) in [6.07, 6.45) is 6.37. The van der Waals surface area contributed by atoms with Crippen molar-refractivity contribution in [1.29, 1.82) is 0 Å². The van der Waals surface area contributed by atoms with Crippen molar-refractivity contribution in [1.82, 2.24) is 5.01 Å². The predicted octanol–water partition coefficient (Wildman–Crippen LogP) is 4.30. The number of para-hydroxylation sites is 1. The first-order valence-corrected chi connectivity index (χ1v) is 12.5. The van der Waals surface area contributed by atoms with Gasteiger partial charge in [0.1, 0.15) is 6.04 Å². The normalized spacial score (nSPS) is 23.4. The second-order valence-electron chi connectivity index (χ2n) is 9.32. The second-order valence-corrected chi connectivity index (χ2v) is 9.32. The molecule has 0 spiro atoms. The lowest BCUT2D eigenvalue weighted by Crippen LogP contribution is -2.58. The van der Waals surface area contributed by atoms with Crippen molar-refractivity contribution in [3.05, 3.63) is 76.9 Å². The van der Waals surface area contributed by atoms with Crippen LogP contribution in [0.3, 0.4) is 0 Å². The number of anilines is 2. The fourth-order valence-electron chi connectivity index (χ4n) is 5.09. The number of carbonyl (C=O) groups excluding carboxylic acids is 2. The van der Waals surface area contributed by atoms with Gasteiger partial charge in [-0.05, 0) is 36.6 Å². The molecule has 2 N–H and O–H groups in total. The second kappa shape index (κ2) is 11.0. The third-order valence-electron chi connectivity index (χ3n) is 7.09. The molecular formula is C27H32N4O5. The molecule has 0 aliphatic carbocycles. The van der Waals surface area contributed by atoms with Crippen molar-refractivity contribution in [2.45, 2.75) is 57.7 Å². The van der Waals surface area contributed by atoms with Crippen LogP contribution in [0.15, 0.2) is 66.7 Å². The van der Waals surface area contributed by atoms with Gasteiger partial charge in [-0.3, -0.25) is 19.7 Å². The van der Waals surface area contributed by atoms with E-state index in [0.717, 1.165) is 25.7 Å². The Bertz CT molecular complexity index is 1120. The Morgan fingerprint density at radius 1 is 1.03 bits per heavy atom. The number of nitrogens with zero attached hydrogens (tertiary/aromatic N) is 3. The molecule has 1 fully saturated rings. The van der Waals surface area contributed by atoms with E-state index in [2.05, 4.69) is 12.3 Å². The van der Waals surface area contributed by atoms with Crippen LogP contribution in [0, 0.1) is 22.0 Å². The van der Waals surface area contributed by atoms with E-state index in [9.17, 15) is 24.8 Å². The molecule has 190 valence electrons. The van der Waals surface area contributed by atoms with E-state index in [1.54, 1.807) is 53.6 Å². The number of aliphatic hydroxyl groups is 1. The first-order chi connectivity index (χ1) is 17.4. The summed E-state index contributed by atoms with van der Waals surface area (Å²) in [6.45, 7) is 4.14. The van der Waals surface area contributed by atoms with E-state index in [1.807, 2.05) is 13.0 Å². The number of nitro benzene ring substituents is 1. The molecule has 2 aliphatic heterocycles. The number of nitrogens with one attached hydrogen (secondary N) is 1. The van der Waals surface area contributed by atoms with Gasteiger partial charge in [0.25, 0.3) is 11.6 Å². The number of hydrazine groups is 1. The molecule has 4 rings (SSSR count). The number of amides is 2. The van der Waals surface area contributed by atoms with Gasteiger partial charge in [0.15, 0.2) is 0 Å². The Morgan fingerprint density at radius 3 is 2.33 bits per heavy atom. The minimum atomic E-state index is -0.874. The van der Waals surface area contributed by atoms with Crippen molar-refractivity contribution < 1.29 is 19.6 Å². The first kappa shape index (κ1) is 25.5. The molecule has 9 heteroatoms. The minimum Gasteiger partial charge on any atom is -0.391 e. The number of nitro groups is 1. The van der Waals surface area contributed by atoms with Gasteiger partial charge in [-0.15, -0.1) is 0 Å². The Morgan fingerprint density at radius 2 is 1.72 bits per heavy atom. The number of hydrogen-bond acceptors (Lipinski definition) is 7. The van der Waals surface area contributed by atoms with Crippen molar-refractivity contribution in [3.8, 4) is 0 Å². The zero-order valence-electron chi connectivity index (χ0n) is 20.5. The van der Waals surface area contributed by atoms with Gasteiger partial charge in [0, 0.05) is 17.8 Å². The van der Waals surface area contributed by atoms with Crippen LogP contribution < -0.4 is 10.3 Å². The van der Waals surface area contributed by atoms with Crippen molar-refractivity contribution >= 4 is 28.9 Å². The first-order valence-electron chi connectivity index (χ1n) is 12.5. The summed E-state index contributed by atoms with van der Waals surface area (Å²) in [5.41, 5.74) is 4.17. The van der Waals surface area contributed by atoms with E-state index in [-0.39, 0.29) is 23.4 Å². The van der Waals surface area contributed by atoms with Crippen LogP contribution >= 0.6 is 0 Å². The van der Waals surface area contributed by atoms with Gasteiger partial charge < -0.3 is 10.5 Å². The fraction of sp³-hybridized carbons (Fsp3) is 0.407. The molecule has 5 atom stereocenters. The Labute approximate surface area is 210 Å². The van der Waals surface area contributed by atoms with Gasteiger partial charge in [0.2, 0.25) is 5.91 Å². The molecule has 5 unspecified atom stereocenters. The molecule has 2 aromatic rings. The molecule has 1 saturated heterocycles. The molecule has 2 heterocycles. The average Bonchev–Trinajstić information content (AvgIpc) is 3.15. The highest BCUT2D eigenvalue weighted by Crippen LogP contribution is 2.37. The van der Waals surface area contributed by atoms with E-state index < -0.39 is 29.0 Å². The van der Waals surface area contributed by atoms with E-state index in [1.165, 1.54) is 17.0 Å². The molecule has 2 aromatic carbocycles. The summed E-state index contributed by atoms with van der Waals surface area (Å²) in [5, 5.41) is 24.2. The summed E-state index contributed by atoms with van der Waals surface area (Å²) in [7, 11) is 0. The van der Waals surface area contributed by atoms with Crippen molar-refractivity contribution in [3.63, 3.8) is 0 Å². The number of benzene rings is 2. The van der Waals surface area contributed by atoms with Crippen molar-refractivity contribution in [2.24, 2.45) is 11.8 Å². The number of fused-ring (bicyclic) bond motifs is 1. The monoisotopic (exact) mass is 492 g/mol. The molecule has 0 saturated carbocycles. The smallest absolute Gasteiger partial charge is 0.269 e. The fourth-order valence-corrected chi connectivity index (χ4v) is 5.09. The lowest BCUT2D eigenvalue weighted by atomic mass is 9.85. The minimum absolute atomic E-state index is 0.00902. The zero-order valence-corrected chi connectivity index (χ0v) is 20.5. The number of hydrogen-bond donors (Lipinski definition) is 2. The maximum Gasteiger partial charge on any atom is 0.269 e. The molecular weight excluding hydrogens is 460 g/mol. The van der Waals surface area contributed by atoms with Gasteiger partial charge in [-0.1, -0.05) is 63.5 Å². The molecule has 0 radical (unpaired) electrons. The number of imide groups is 1. The summed E-state index contributed by atoms with van der Waals surface area (Å²) in [4.78, 5) is 38.8. The summed E-state index contributed by atoms with van der Waals surface area (Å²) >= 11 is 0. The van der Waals surface area contributed by atoms with E-state index in [4.69, 9.17) is 0 Å². The highest BCUT2D eigenvalue weighted by atomic mass is 16.6. The van der Waals surface area contributed by atoms with Crippen LogP contribution in [0.5, 0.6) is 0 Å². The number of non-ortho nitro benzene ring substituents is 1. The van der Waals surface area contributed by atoms with Gasteiger partial charge in [0.05, 0.1) is 28.7 Å². The summed E-state index contributed by atoms with van der Waals surface area (Å²) in [5.74, 6) is -1.42. The van der Waals surface area contributed by atoms with E-state index >= 15 is 0 Å². The number of aliphatic hydroxyl groups excluding tert-OH is 1. The third-order valence-corrected chi connectivity index (χ3v) is 7.09. The van der Waals surface area contributed by atoms with Crippen LogP contribution in [0.2, 0.25) is 0 Å². The SMILES string of the molecule is CCCCC(CC)C(O)C1C=CC2C(=O)N(c3ccccc3)C(=O)C2N1Nc1ccc([N+](=O)[O-])cc1. The van der Waals surface area contributed by atoms with Gasteiger partial charge >= 0.3 is 0 Å². The molecule has 36 heavy (non-hydrogen) atoms. The number of carbonyl (C=O) groups is 2. The van der Waals surface area contributed by atoms with Crippen LogP contribution in [0.4, 0.5) is 17.1 Å². The quantitative estimate of drug-likeness (QED) is 0.220. The van der Waals surface area contributed by atoms with Gasteiger partial charge in [-0.25, -0.2) is 9.91 Å². The van der Waals surface area contributed by atoms with Crippen molar-refractivity contribution in [2.75, 3.05) is 10.3 Å². The van der Waals surface area contributed by atoms with Crippen LogP contribution in [0.25, 0.3) is 0 Å².